The SMILES string of the molecule is CCC(F)(F)c1ccc(CNC(=O)[C@H]2CN(c3cnc4cnccc4n3)CCN2S(=O)(=O)c2ccc([N+](=O)[O-])cc2)cc1. The number of nitro benzene ring substituents is 1. The molecule has 4 aromatic rings. The fourth-order valence-corrected chi connectivity index (χ4v) is 6.30. The van der Waals surface area contributed by atoms with Crippen LogP contribution in [0.3, 0.4) is 0 Å². The van der Waals surface area contributed by atoms with Crippen molar-refractivity contribution in [2.75, 3.05) is 24.5 Å². The second-order valence-electron chi connectivity index (χ2n) is 9.89. The molecule has 0 unspecified atom stereocenters. The number of fused-ring (bicyclic) bond motifs is 1. The molecule has 1 fully saturated rings. The number of hydrogen-bond acceptors (Lipinski definition) is 9. The molecule has 2 aromatic carbocycles. The first kappa shape index (κ1) is 29.8. The van der Waals surface area contributed by atoms with Crippen molar-refractivity contribution >= 4 is 38.5 Å². The number of rotatable bonds is 9. The van der Waals surface area contributed by atoms with Gasteiger partial charge in [0.1, 0.15) is 17.4 Å². The molecular formula is C28H27F2N7O5S. The van der Waals surface area contributed by atoms with Gasteiger partial charge in [0.25, 0.3) is 11.6 Å². The maximum atomic E-state index is 14.0. The van der Waals surface area contributed by atoms with Gasteiger partial charge in [-0.05, 0) is 23.8 Å². The summed E-state index contributed by atoms with van der Waals surface area (Å²) in [5.41, 5.74) is 1.29. The topological polar surface area (TPSA) is 152 Å². The Balaban J connectivity index is 1.41. The minimum absolute atomic E-state index is 0.0263. The molecule has 43 heavy (non-hydrogen) atoms. The predicted octanol–water partition coefficient (Wildman–Crippen LogP) is 3.63. The number of piperazine rings is 1. The van der Waals surface area contributed by atoms with Gasteiger partial charge in [-0.25, -0.2) is 27.2 Å². The number of carbonyl (C=O) groups excluding carboxylic acids is 1. The normalized spacial score (nSPS) is 16.3. The van der Waals surface area contributed by atoms with Gasteiger partial charge in [-0.1, -0.05) is 31.2 Å². The highest BCUT2D eigenvalue weighted by Gasteiger charge is 2.41. The number of carbonyl (C=O) groups is 1. The summed E-state index contributed by atoms with van der Waals surface area (Å²) in [4.78, 5) is 38.5. The minimum Gasteiger partial charge on any atom is -0.352 e. The molecule has 0 saturated carbocycles. The summed E-state index contributed by atoms with van der Waals surface area (Å²) in [6, 6.07) is 10.5. The molecule has 0 bridgehead atoms. The van der Waals surface area contributed by atoms with Crippen LogP contribution >= 0.6 is 0 Å². The van der Waals surface area contributed by atoms with Gasteiger partial charge in [-0.3, -0.25) is 19.9 Å². The molecule has 224 valence electrons. The monoisotopic (exact) mass is 611 g/mol. The van der Waals surface area contributed by atoms with Crippen LogP contribution in [0.1, 0.15) is 24.5 Å². The van der Waals surface area contributed by atoms with E-state index in [4.69, 9.17) is 0 Å². The van der Waals surface area contributed by atoms with Gasteiger partial charge in [-0.2, -0.15) is 4.31 Å². The van der Waals surface area contributed by atoms with Gasteiger partial charge in [0.05, 0.1) is 27.7 Å². The summed E-state index contributed by atoms with van der Waals surface area (Å²) in [6.45, 7) is 1.40. The average Bonchev–Trinajstić information content (AvgIpc) is 3.03. The lowest BCUT2D eigenvalue weighted by Crippen LogP contribution is -2.60. The second kappa shape index (κ2) is 11.9. The number of hydrogen-bond donors (Lipinski definition) is 1. The summed E-state index contributed by atoms with van der Waals surface area (Å²) >= 11 is 0. The number of nitrogens with zero attached hydrogens (tertiary/aromatic N) is 6. The van der Waals surface area contributed by atoms with Crippen molar-refractivity contribution in [2.45, 2.75) is 36.7 Å². The summed E-state index contributed by atoms with van der Waals surface area (Å²) in [7, 11) is -4.25. The number of benzene rings is 2. The molecule has 1 saturated heterocycles. The molecule has 0 spiro atoms. The van der Waals surface area contributed by atoms with Gasteiger partial charge in [-0.15, -0.1) is 0 Å². The van der Waals surface area contributed by atoms with E-state index in [2.05, 4.69) is 20.3 Å². The molecule has 0 aliphatic carbocycles. The number of sulfonamides is 1. The zero-order valence-electron chi connectivity index (χ0n) is 22.9. The zero-order valence-corrected chi connectivity index (χ0v) is 23.7. The van der Waals surface area contributed by atoms with Crippen LogP contribution in [-0.2, 0) is 27.3 Å². The number of amides is 1. The number of anilines is 1. The first-order valence-corrected chi connectivity index (χ1v) is 14.8. The summed E-state index contributed by atoms with van der Waals surface area (Å²) in [6.07, 6.45) is 4.31. The average molecular weight is 612 g/mol. The molecule has 5 rings (SSSR count). The van der Waals surface area contributed by atoms with E-state index in [0.717, 1.165) is 28.6 Å². The number of nitro groups is 1. The molecule has 1 atom stereocenters. The standard InChI is InChI=1S/C28H27F2N7O5S/c1-2-28(29,30)20-5-3-19(4-6-20)15-33-27(38)25-18-35(26-17-32-24-16-31-12-11-23(24)34-26)13-14-36(25)43(41,42)22-9-7-21(8-10-22)37(39)40/h3-12,16-17,25H,2,13-15,18H2,1H3,(H,33,38)/t25-/m1/s1. The van der Waals surface area contributed by atoms with E-state index in [0.29, 0.717) is 22.4 Å². The number of nitrogens with one attached hydrogen (secondary N) is 1. The summed E-state index contributed by atoms with van der Waals surface area (Å²) < 4.78 is 56.5. The van der Waals surface area contributed by atoms with E-state index in [1.54, 1.807) is 23.4 Å². The molecule has 3 heterocycles. The van der Waals surface area contributed by atoms with Crippen LogP contribution in [0.5, 0.6) is 0 Å². The lowest BCUT2D eigenvalue weighted by atomic mass is 10.0. The fourth-order valence-electron chi connectivity index (χ4n) is 4.73. The Hall–Kier alpha value is -4.63. The second-order valence-corrected chi connectivity index (χ2v) is 11.8. The van der Waals surface area contributed by atoms with Crippen molar-refractivity contribution in [3.8, 4) is 0 Å². The largest absolute Gasteiger partial charge is 0.352 e. The van der Waals surface area contributed by atoms with Gasteiger partial charge in [0, 0.05) is 56.5 Å². The Morgan fingerprint density at radius 1 is 1.07 bits per heavy atom. The molecular weight excluding hydrogens is 584 g/mol. The van der Waals surface area contributed by atoms with Crippen molar-refractivity contribution < 1.29 is 26.9 Å². The van der Waals surface area contributed by atoms with Crippen LogP contribution in [0.15, 0.2) is 78.1 Å². The van der Waals surface area contributed by atoms with Gasteiger partial charge in [0.2, 0.25) is 15.9 Å². The molecule has 1 amide bonds. The Labute approximate surface area is 245 Å². The molecule has 15 heteroatoms. The number of halogens is 2. The van der Waals surface area contributed by atoms with Crippen LogP contribution < -0.4 is 10.2 Å². The smallest absolute Gasteiger partial charge is 0.273 e. The van der Waals surface area contributed by atoms with Crippen LogP contribution in [0.2, 0.25) is 0 Å². The molecule has 12 nitrogen and oxygen atoms in total. The third kappa shape index (κ3) is 6.27. The van der Waals surface area contributed by atoms with Crippen LogP contribution in [-0.4, -0.2) is 64.2 Å². The Morgan fingerprint density at radius 2 is 1.79 bits per heavy atom. The highest BCUT2D eigenvalue weighted by atomic mass is 32.2. The van der Waals surface area contributed by atoms with Gasteiger partial charge >= 0.3 is 0 Å². The molecule has 0 radical (unpaired) electrons. The highest BCUT2D eigenvalue weighted by Crippen LogP contribution is 2.31. The molecule has 2 aromatic heterocycles. The summed E-state index contributed by atoms with van der Waals surface area (Å²) in [5.74, 6) is -3.14. The first-order valence-electron chi connectivity index (χ1n) is 13.3. The van der Waals surface area contributed by atoms with Gasteiger partial charge in [0.15, 0.2) is 0 Å². The summed E-state index contributed by atoms with van der Waals surface area (Å²) in [5, 5.41) is 13.8. The van der Waals surface area contributed by atoms with Crippen molar-refractivity contribution in [3.63, 3.8) is 0 Å². The van der Waals surface area contributed by atoms with Crippen molar-refractivity contribution in [3.05, 3.63) is 94.4 Å². The fraction of sp³-hybridized carbons (Fsp3) is 0.286. The maximum Gasteiger partial charge on any atom is 0.273 e. The Kier molecular flexibility index (Phi) is 8.28. The maximum absolute atomic E-state index is 14.0. The van der Waals surface area contributed by atoms with E-state index in [-0.39, 0.29) is 48.7 Å². The minimum atomic E-state index is -4.25. The number of pyridine rings is 1. The molecule has 1 N–H and O–H groups in total. The third-order valence-electron chi connectivity index (χ3n) is 7.23. The van der Waals surface area contributed by atoms with E-state index in [1.807, 2.05) is 0 Å². The Morgan fingerprint density at radius 3 is 2.47 bits per heavy atom. The van der Waals surface area contributed by atoms with Crippen LogP contribution in [0.4, 0.5) is 20.3 Å². The Bertz CT molecular complexity index is 1760. The van der Waals surface area contributed by atoms with E-state index in [1.165, 1.54) is 37.4 Å². The van der Waals surface area contributed by atoms with Crippen LogP contribution in [0, 0.1) is 10.1 Å². The first-order chi connectivity index (χ1) is 20.5. The zero-order chi connectivity index (χ0) is 30.8. The molecule has 1 aliphatic rings. The van der Waals surface area contributed by atoms with Gasteiger partial charge < -0.3 is 10.2 Å². The quantitative estimate of drug-likeness (QED) is 0.221. The third-order valence-corrected chi connectivity index (χ3v) is 9.15. The highest BCUT2D eigenvalue weighted by molar-refractivity contribution is 7.89. The number of aromatic nitrogens is 3. The lowest BCUT2D eigenvalue weighted by Gasteiger charge is -2.40. The van der Waals surface area contributed by atoms with Crippen molar-refractivity contribution in [1.29, 1.82) is 0 Å². The predicted molar refractivity (Wildman–Crippen MR) is 153 cm³/mol. The van der Waals surface area contributed by atoms with Crippen molar-refractivity contribution in [1.82, 2.24) is 24.6 Å². The number of alkyl halides is 2. The van der Waals surface area contributed by atoms with Crippen molar-refractivity contribution in [2.24, 2.45) is 0 Å². The lowest BCUT2D eigenvalue weighted by molar-refractivity contribution is -0.384. The van der Waals surface area contributed by atoms with E-state index >= 15 is 0 Å². The van der Waals surface area contributed by atoms with E-state index in [9.17, 15) is 32.1 Å². The number of non-ortho nitro benzene ring substituents is 1. The molecule has 1 aliphatic heterocycles. The van der Waals surface area contributed by atoms with E-state index < -0.39 is 32.8 Å². The van der Waals surface area contributed by atoms with Crippen LogP contribution in [0.25, 0.3) is 11.0 Å².